The summed E-state index contributed by atoms with van der Waals surface area (Å²) in [7, 11) is -3.40. The Morgan fingerprint density at radius 1 is 1.43 bits per heavy atom. The summed E-state index contributed by atoms with van der Waals surface area (Å²) in [5, 5.41) is 10.8. The van der Waals surface area contributed by atoms with Gasteiger partial charge in [-0.15, -0.1) is 5.10 Å². The van der Waals surface area contributed by atoms with E-state index in [4.69, 9.17) is 0 Å². The molecule has 9 heteroatoms. The maximum atomic E-state index is 12.3. The van der Waals surface area contributed by atoms with Crippen LogP contribution in [0.1, 0.15) is 19.8 Å². The molecule has 0 aromatic carbocycles. The van der Waals surface area contributed by atoms with Gasteiger partial charge in [0.1, 0.15) is 0 Å². The topological polar surface area (TPSA) is 92.2 Å². The molecule has 1 aliphatic heterocycles. The fourth-order valence-corrected chi connectivity index (χ4v) is 3.80. The average Bonchev–Trinajstić information content (AvgIpc) is 2.98. The lowest BCUT2D eigenvalue weighted by atomic mass is 10.00. The van der Waals surface area contributed by atoms with E-state index in [0.29, 0.717) is 32.1 Å². The van der Waals surface area contributed by atoms with E-state index in [1.54, 1.807) is 21.4 Å². The molecule has 2 N–H and O–H groups in total. The van der Waals surface area contributed by atoms with Crippen LogP contribution in [0.25, 0.3) is 0 Å². The van der Waals surface area contributed by atoms with E-state index < -0.39 is 10.2 Å². The van der Waals surface area contributed by atoms with E-state index >= 15 is 0 Å². The monoisotopic (exact) mass is 316 g/mol. The summed E-state index contributed by atoms with van der Waals surface area (Å²) in [6.07, 6.45) is 5.28. The highest BCUT2D eigenvalue weighted by Crippen LogP contribution is 2.17. The van der Waals surface area contributed by atoms with E-state index in [9.17, 15) is 8.42 Å². The molecular formula is C12H24N6O2S. The Balaban J connectivity index is 1.80. The molecule has 8 nitrogen and oxygen atoms in total. The van der Waals surface area contributed by atoms with Crippen molar-refractivity contribution in [1.29, 1.82) is 0 Å². The van der Waals surface area contributed by atoms with Crippen molar-refractivity contribution in [3.63, 3.8) is 0 Å². The first-order chi connectivity index (χ1) is 10.1. The number of piperidine rings is 1. The lowest BCUT2D eigenvalue weighted by Gasteiger charge is -2.32. The van der Waals surface area contributed by atoms with Crippen LogP contribution in [0.15, 0.2) is 12.4 Å². The zero-order valence-corrected chi connectivity index (χ0v) is 13.2. The third kappa shape index (κ3) is 5.03. The van der Waals surface area contributed by atoms with Crippen LogP contribution in [0.2, 0.25) is 0 Å². The van der Waals surface area contributed by atoms with Crippen LogP contribution in [0.3, 0.4) is 0 Å². The van der Waals surface area contributed by atoms with Gasteiger partial charge in [-0.1, -0.05) is 12.1 Å². The minimum atomic E-state index is -3.40. The van der Waals surface area contributed by atoms with Gasteiger partial charge in [0.2, 0.25) is 0 Å². The molecule has 1 fully saturated rings. The Hall–Kier alpha value is -1.03. The van der Waals surface area contributed by atoms with Crippen molar-refractivity contribution in [2.45, 2.75) is 26.3 Å². The molecule has 21 heavy (non-hydrogen) atoms. The Kier molecular flexibility index (Phi) is 6.09. The first-order valence-electron chi connectivity index (χ1n) is 7.41. The summed E-state index contributed by atoms with van der Waals surface area (Å²) >= 11 is 0. The van der Waals surface area contributed by atoms with Gasteiger partial charge in [-0.25, -0.2) is 4.72 Å². The van der Waals surface area contributed by atoms with Gasteiger partial charge in [0.25, 0.3) is 10.2 Å². The number of hydrogen-bond donors (Lipinski definition) is 2. The lowest BCUT2D eigenvalue weighted by molar-refractivity contribution is 0.258. The number of hydrogen-bond acceptors (Lipinski definition) is 5. The van der Waals surface area contributed by atoms with Crippen LogP contribution >= 0.6 is 0 Å². The van der Waals surface area contributed by atoms with Crippen molar-refractivity contribution in [2.75, 3.05) is 32.7 Å². The van der Waals surface area contributed by atoms with Crippen LogP contribution in [0.4, 0.5) is 0 Å². The molecule has 2 rings (SSSR count). The smallest absolute Gasteiger partial charge is 0.279 e. The summed E-state index contributed by atoms with van der Waals surface area (Å²) in [6.45, 7) is 5.84. The molecule has 0 radical (unpaired) electrons. The third-order valence-electron chi connectivity index (χ3n) is 3.60. The Bertz CT molecular complexity index is 504. The van der Waals surface area contributed by atoms with Gasteiger partial charge in [-0.3, -0.25) is 4.68 Å². The first-order valence-corrected chi connectivity index (χ1v) is 8.85. The standard InChI is InChI=1S/C12H24N6O2S/c1-2-13-10-12-4-3-7-18(11-12)21(19,20)15-6-9-17-8-5-14-16-17/h5,8,12-13,15H,2-4,6-7,9-11H2,1H3. The summed E-state index contributed by atoms with van der Waals surface area (Å²) in [5.41, 5.74) is 0. The van der Waals surface area contributed by atoms with Crippen molar-refractivity contribution in [2.24, 2.45) is 5.92 Å². The van der Waals surface area contributed by atoms with Crippen LogP contribution < -0.4 is 10.0 Å². The highest BCUT2D eigenvalue weighted by atomic mass is 32.2. The molecule has 1 atom stereocenters. The molecule has 0 bridgehead atoms. The van der Waals surface area contributed by atoms with Crippen LogP contribution in [0, 0.1) is 5.92 Å². The Morgan fingerprint density at radius 3 is 3.00 bits per heavy atom. The van der Waals surface area contributed by atoms with Crippen molar-refractivity contribution < 1.29 is 8.42 Å². The summed E-state index contributed by atoms with van der Waals surface area (Å²) in [5.74, 6) is 0.394. The fourth-order valence-electron chi connectivity index (χ4n) is 2.49. The zero-order valence-electron chi connectivity index (χ0n) is 12.4. The van der Waals surface area contributed by atoms with E-state index in [-0.39, 0.29) is 0 Å². The second kappa shape index (κ2) is 7.83. The molecule has 1 aromatic rings. The van der Waals surface area contributed by atoms with E-state index in [1.165, 1.54) is 0 Å². The summed E-state index contributed by atoms with van der Waals surface area (Å²) in [4.78, 5) is 0. The second-order valence-electron chi connectivity index (χ2n) is 5.24. The van der Waals surface area contributed by atoms with Crippen LogP contribution in [0.5, 0.6) is 0 Å². The Labute approximate surface area is 126 Å². The van der Waals surface area contributed by atoms with Gasteiger partial charge in [-0.2, -0.15) is 12.7 Å². The third-order valence-corrected chi connectivity index (χ3v) is 5.18. The van der Waals surface area contributed by atoms with Gasteiger partial charge >= 0.3 is 0 Å². The van der Waals surface area contributed by atoms with Gasteiger partial charge < -0.3 is 5.32 Å². The molecule has 0 aliphatic carbocycles. The maximum absolute atomic E-state index is 12.3. The second-order valence-corrected chi connectivity index (χ2v) is 6.99. The molecule has 0 spiro atoms. The summed E-state index contributed by atoms with van der Waals surface area (Å²) < 4.78 is 30.4. The minimum absolute atomic E-state index is 0.320. The van der Waals surface area contributed by atoms with Crippen molar-refractivity contribution in [3.05, 3.63) is 12.4 Å². The van der Waals surface area contributed by atoms with Crippen LogP contribution in [-0.2, 0) is 16.8 Å². The highest BCUT2D eigenvalue weighted by Gasteiger charge is 2.28. The molecule has 1 unspecified atom stereocenters. The largest absolute Gasteiger partial charge is 0.317 e. The number of nitrogens with one attached hydrogen (secondary N) is 2. The first kappa shape index (κ1) is 16.3. The van der Waals surface area contributed by atoms with Gasteiger partial charge in [0, 0.05) is 25.8 Å². The van der Waals surface area contributed by atoms with Crippen LogP contribution in [-0.4, -0.2) is 60.4 Å². The predicted octanol–water partition coefficient (Wildman–Crippen LogP) is -0.566. The van der Waals surface area contributed by atoms with E-state index in [0.717, 1.165) is 25.9 Å². The number of nitrogens with zero attached hydrogens (tertiary/aromatic N) is 4. The summed E-state index contributed by atoms with van der Waals surface area (Å²) in [6, 6.07) is 0. The molecule has 1 aliphatic rings. The quantitative estimate of drug-likeness (QED) is 0.670. The Morgan fingerprint density at radius 2 is 2.29 bits per heavy atom. The molecule has 120 valence electrons. The lowest BCUT2D eigenvalue weighted by Crippen LogP contribution is -2.48. The van der Waals surface area contributed by atoms with Crippen molar-refractivity contribution in [3.8, 4) is 0 Å². The van der Waals surface area contributed by atoms with Gasteiger partial charge in [0.15, 0.2) is 0 Å². The fraction of sp³-hybridized carbons (Fsp3) is 0.833. The predicted molar refractivity (Wildman–Crippen MR) is 79.8 cm³/mol. The average molecular weight is 316 g/mol. The van der Waals surface area contributed by atoms with Crippen molar-refractivity contribution >= 4 is 10.2 Å². The molecular weight excluding hydrogens is 292 g/mol. The molecule has 0 amide bonds. The number of aromatic nitrogens is 3. The van der Waals surface area contributed by atoms with Gasteiger partial charge in [-0.05, 0) is 31.8 Å². The SMILES string of the molecule is CCNCC1CCCN(S(=O)(=O)NCCn2ccnn2)C1. The maximum Gasteiger partial charge on any atom is 0.279 e. The minimum Gasteiger partial charge on any atom is -0.317 e. The molecule has 2 heterocycles. The highest BCUT2D eigenvalue weighted by molar-refractivity contribution is 7.87. The normalized spacial score (nSPS) is 20.7. The van der Waals surface area contributed by atoms with Crippen molar-refractivity contribution in [1.82, 2.24) is 29.3 Å². The zero-order chi connectivity index (χ0) is 15.1. The van der Waals surface area contributed by atoms with Gasteiger partial charge in [0.05, 0.1) is 12.7 Å². The number of rotatable bonds is 8. The molecule has 0 saturated carbocycles. The molecule has 1 aromatic heterocycles. The van der Waals surface area contributed by atoms with E-state index in [2.05, 4.69) is 27.3 Å². The molecule has 1 saturated heterocycles. The van der Waals surface area contributed by atoms with E-state index in [1.807, 2.05) is 0 Å².